The highest BCUT2D eigenvalue weighted by molar-refractivity contribution is 9.10. The van der Waals surface area contributed by atoms with E-state index in [0.717, 1.165) is 32.2 Å². The second kappa shape index (κ2) is 6.60. The second-order valence-corrected chi connectivity index (χ2v) is 7.16. The topological polar surface area (TPSA) is 26.3 Å². The highest BCUT2D eigenvalue weighted by Crippen LogP contribution is 2.32. The molecule has 0 spiro atoms. The van der Waals surface area contributed by atoms with Crippen LogP contribution < -0.4 is 0 Å². The van der Waals surface area contributed by atoms with Crippen LogP contribution in [0, 0.1) is 0 Å². The van der Waals surface area contributed by atoms with Gasteiger partial charge in [-0.25, -0.2) is 0 Å². The third kappa shape index (κ3) is 2.81. The SMILES string of the molecule is Brc1cccc2c1oc1ccccc12.c1ccc2c(c1)oc1ccccc12. The zero-order chi connectivity index (χ0) is 18.2. The molecule has 3 heteroatoms. The van der Waals surface area contributed by atoms with E-state index in [2.05, 4.69) is 40.2 Å². The van der Waals surface area contributed by atoms with Crippen molar-refractivity contribution in [2.75, 3.05) is 0 Å². The van der Waals surface area contributed by atoms with E-state index in [-0.39, 0.29) is 0 Å². The fourth-order valence-electron chi connectivity index (χ4n) is 3.39. The maximum atomic E-state index is 5.74. The fourth-order valence-corrected chi connectivity index (χ4v) is 3.83. The number of hydrogen-bond acceptors (Lipinski definition) is 2. The van der Waals surface area contributed by atoms with Crippen molar-refractivity contribution in [3.05, 3.63) is 95.5 Å². The largest absolute Gasteiger partial charge is 0.456 e. The summed E-state index contributed by atoms with van der Waals surface area (Å²) in [5.41, 5.74) is 3.79. The summed E-state index contributed by atoms with van der Waals surface area (Å²) in [5, 5.41) is 4.72. The first-order valence-electron chi connectivity index (χ1n) is 8.73. The Morgan fingerprint density at radius 2 is 0.889 bits per heavy atom. The van der Waals surface area contributed by atoms with Gasteiger partial charge in [-0.05, 0) is 40.2 Å². The maximum Gasteiger partial charge on any atom is 0.149 e. The number of rotatable bonds is 0. The van der Waals surface area contributed by atoms with E-state index >= 15 is 0 Å². The number of benzene rings is 4. The molecule has 2 heterocycles. The van der Waals surface area contributed by atoms with E-state index in [9.17, 15) is 0 Å². The summed E-state index contributed by atoms with van der Waals surface area (Å²) < 4.78 is 12.4. The van der Waals surface area contributed by atoms with E-state index in [1.54, 1.807) is 0 Å². The van der Waals surface area contributed by atoms with Gasteiger partial charge in [0.1, 0.15) is 22.3 Å². The van der Waals surface area contributed by atoms with Crippen LogP contribution >= 0.6 is 15.9 Å². The van der Waals surface area contributed by atoms with Crippen molar-refractivity contribution in [2.45, 2.75) is 0 Å². The molecule has 0 amide bonds. The Morgan fingerprint density at radius 3 is 1.48 bits per heavy atom. The predicted octanol–water partition coefficient (Wildman–Crippen LogP) is 7.93. The molecule has 0 unspecified atom stereocenters. The quantitative estimate of drug-likeness (QED) is 0.252. The lowest BCUT2D eigenvalue weighted by Crippen LogP contribution is -1.66. The minimum absolute atomic E-state index is 0.925. The Labute approximate surface area is 164 Å². The van der Waals surface area contributed by atoms with Gasteiger partial charge < -0.3 is 8.83 Å². The van der Waals surface area contributed by atoms with Crippen LogP contribution in [0.3, 0.4) is 0 Å². The minimum atomic E-state index is 0.925. The average molecular weight is 415 g/mol. The molecule has 6 rings (SSSR count). The molecule has 0 radical (unpaired) electrons. The lowest BCUT2D eigenvalue weighted by atomic mass is 10.2. The number of halogens is 1. The van der Waals surface area contributed by atoms with Crippen LogP contribution in [0.25, 0.3) is 43.9 Å². The van der Waals surface area contributed by atoms with Crippen LogP contribution in [0.1, 0.15) is 0 Å². The van der Waals surface area contributed by atoms with E-state index in [4.69, 9.17) is 8.83 Å². The van der Waals surface area contributed by atoms with Gasteiger partial charge in [0.05, 0.1) is 4.47 Å². The summed E-state index contributed by atoms with van der Waals surface area (Å²) in [4.78, 5) is 0. The molecule has 0 bridgehead atoms. The first-order valence-corrected chi connectivity index (χ1v) is 9.52. The van der Waals surface area contributed by atoms with Crippen LogP contribution in [0.15, 0.2) is 104 Å². The molecule has 0 aliphatic heterocycles. The zero-order valence-electron chi connectivity index (χ0n) is 14.4. The minimum Gasteiger partial charge on any atom is -0.456 e. The summed E-state index contributed by atoms with van der Waals surface area (Å²) >= 11 is 3.48. The van der Waals surface area contributed by atoms with Gasteiger partial charge in [-0.3, -0.25) is 0 Å². The first kappa shape index (κ1) is 16.2. The van der Waals surface area contributed by atoms with Crippen molar-refractivity contribution in [1.29, 1.82) is 0 Å². The first-order chi connectivity index (χ1) is 13.3. The summed E-state index contributed by atoms with van der Waals surface area (Å²) in [7, 11) is 0. The number of furan rings is 2. The Kier molecular flexibility index (Phi) is 3.95. The van der Waals surface area contributed by atoms with Gasteiger partial charge in [0.25, 0.3) is 0 Å². The van der Waals surface area contributed by atoms with Gasteiger partial charge in [0.15, 0.2) is 0 Å². The molecule has 0 fully saturated rings. The third-order valence-electron chi connectivity index (χ3n) is 4.64. The van der Waals surface area contributed by atoms with Gasteiger partial charge in [-0.2, -0.15) is 0 Å². The Bertz CT molecular complexity index is 1340. The van der Waals surface area contributed by atoms with Crippen LogP contribution in [0.5, 0.6) is 0 Å². The summed E-state index contributed by atoms with van der Waals surface area (Å²) in [5.74, 6) is 0. The number of fused-ring (bicyclic) bond motifs is 6. The predicted molar refractivity (Wildman–Crippen MR) is 115 cm³/mol. The van der Waals surface area contributed by atoms with Gasteiger partial charge in [-0.15, -0.1) is 0 Å². The van der Waals surface area contributed by atoms with Gasteiger partial charge in [0, 0.05) is 21.5 Å². The molecule has 130 valence electrons. The van der Waals surface area contributed by atoms with Crippen molar-refractivity contribution in [1.82, 2.24) is 0 Å². The molecule has 0 aliphatic carbocycles. The molecule has 0 saturated heterocycles. The van der Waals surface area contributed by atoms with Crippen molar-refractivity contribution in [3.63, 3.8) is 0 Å². The van der Waals surface area contributed by atoms with E-state index in [1.165, 1.54) is 16.2 Å². The number of hydrogen-bond donors (Lipinski definition) is 0. The van der Waals surface area contributed by atoms with E-state index in [0.29, 0.717) is 0 Å². The Hall–Kier alpha value is -3.04. The average Bonchev–Trinajstić information content (AvgIpc) is 3.28. The smallest absolute Gasteiger partial charge is 0.149 e. The molecular weight excluding hydrogens is 400 g/mol. The van der Waals surface area contributed by atoms with Crippen LogP contribution in [-0.2, 0) is 0 Å². The summed E-state index contributed by atoms with van der Waals surface area (Å²) in [6.07, 6.45) is 0. The normalized spacial score (nSPS) is 11.1. The maximum absolute atomic E-state index is 5.74. The molecule has 27 heavy (non-hydrogen) atoms. The molecular formula is C24H15BrO2. The monoisotopic (exact) mass is 414 g/mol. The summed E-state index contributed by atoms with van der Waals surface area (Å²) in [6.45, 7) is 0. The zero-order valence-corrected chi connectivity index (χ0v) is 15.9. The van der Waals surface area contributed by atoms with Crippen molar-refractivity contribution >= 4 is 59.8 Å². The molecule has 0 aliphatic rings. The molecule has 0 atom stereocenters. The molecule has 0 saturated carbocycles. The third-order valence-corrected chi connectivity index (χ3v) is 5.26. The fraction of sp³-hybridized carbons (Fsp3) is 0. The van der Waals surface area contributed by atoms with E-state index < -0.39 is 0 Å². The van der Waals surface area contributed by atoms with Crippen molar-refractivity contribution in [2.24, 2.45) is 0 Å². The standard InChI is InChI=1S/C12H7BrO.C12H8O/c13-10-6-3-5-9-8-4-1-2-7-11(8)14-12(9)10;1-3-7-11-9(5-1)10-6-2-4-8-12(10)13-11/h1-7H;1-8H. The van der Waals surface area contributed by atoms with Crippen molar-refractivity contribution in [3.8, 4) is 0 Å². The Morgan fingerprint density at radius 1 is 0.444 bits per heavy atom. The van der Waals surface area contributed by atoms with Crippen molar-refractivity contribution < 1.29 is 8.83 Å². The van der Waals surface area contributed by atoms with Crippen LogP contribution in [-0.4, -0.2) is 0 Å². The molecule has 2 nitrogen and oxygen atoms in total. The van der Waals surface area contributed by atoms with Gasteiger partial charge >= 0.3 is 0 Å². The number of para-hydroxylation sites is 4. The van der Waals surface area contributed by atoms with E-state index in [1.807, 2.05) is 66.7 Å². The molecule has 2 aromatic heterocycles. The van der Waals surface area contributed by atoms with Gasteiger partial charge in [0.2, 0.25) is 0 Å². The highest BCUT2D eigenvalue weighted by atomic mass is 79.9. The van der Waals surface area contributed by atoms with Gasteiger partial charge in [-0.1, -0.05) is 66.7 Å². The molecule has 0 N–H and O–H groups in total. The lowest BCUT2D eigenvalue weighted by molar-refractivity contribution is 0.667. The van der Waals surface area contributed by atoms with Crippen LogP contribution in [0.4, 0.5) is 0 Å². The summed E-state index contributed by atoms with van der Waals surface area (Å²) in [6, 6.07) is 30.4. The highest BCUT2D eigenvalue weighted by Gasteiger charge is 2.07. The molecule has 6 aromatic rings. The molecule has 4 aromatic carbocycles. The Balaban J connectivity index is 0.000000119. The lowest BCUT2D eigenvalue weighted by Gasteiger charge is -1.89. The van der Waals surface area contributed by atoms with Crippen LogP contribution in [0.2, 0.25) is 0 Å². The second-order valence-electron chi connectivity index (χ2n) is 6.31.